The zero-order valence-electron chi connectivity index (χ0n) is 8.52. The van der Waals surface area contributed by atoms with Crippen molar-refractivity contribution in [3.05, 3.63) is 18.0 Å². The van der Waals surface area contributed by atoms with Crippen molar-refractivity contribution in [3.63, 3.8) is 0 Å². The molecule has 5 nitrogen and oxygen atoms in total. The number of aliphatic hydroxyl groups is 1. The normalized spacial score (nSPS) is 21.7. The predicted octanol–water partition coefficient (Wildman–Crippen LogP) is 0.254. The molecular formula is C10H15N3O2. The van der Waals surface area contributed by atoms with E-state index in [4.69, 9.17) is 5.11 Å². The quantitative estimate of drug-likeness (QED) is 0.733. The van der Waals surface area contributed by atoms with Crippen LogP contribution in [0.3, 0.4) is 0 Å². The van der Waals surface area contributed by atoms with Gasteiger partial charge in [0.1, 0.15) is 0 Å². The summed E-state index contributed by atoms with van der Waals surface area (Å²) in [7, 11) is 0. The Morgan fingerprint density at radius 3 is 3.27 bits per heavy atom. The number of aromatic nitrogens is 2. The Hall–Kier alpha value is -1.36. The average Bonchev–Trinajstić information content (AvgIpc) is 2.81. The first-order chi connectivity index (χ1) is 7.31. The number of nitrogens with one attached hydrogen (secondary N) is 1. The van der Waals surface area contributed by atoms with Crippen molar-refractivity contribution < 1.29 is 9.90 Å². The molecule has 1 amide bonds. The zero-order valence-corrected chi connectivity index (χ0v) is 8.52. The Kier molecular flexibility index (Phi) is 3.01. The average molecular weight is 209 g/mol. The molecule has 1 atom stereocenters. The topological polar surface area (TPSA) is 69.2 Å². The Morgan fingerprint density at radius 2 is 2.60 bits per heavy atom. The number of carbonyl (C=O) groups excluding carboxylic acids is 1. The second kappa shape index (κ2) is 4.44. The highest BCUT2D eigenvalue weighted by Crippen LogP contribution is 2.17. The van der Waals surface area contributed by atoms with E-state index in [0.29, 0.717) is 12.1 Å². The summed E-state index contributed by atoms with van der Waals surface area (Å²) in [5.74, 6) is 0.233. The molecule has 1 aromatic rings. The monoisotopic (exact) mass is 209 g/mol. The molecule has 1 aromatic heterocycles. The third-order valence-electron chi connectivity index (χ3n) is 2.81. The summed E-state index contributed by atoms with van der Waals surface area (Å²) in [6.07, 6.45) is 5.11. The third kappa shape index (κ3) is 2.18. The highest BCUT2D eigenvalue weighted by molar-refractivity contribution is 5.93. The van der Waals surface area contributed by atoms with Crippen LogP contribution in [-0.2, 0) is 0 Å². The van der Waals surface area contributed by atoms with Gasteiger partial charge in [-0.2, -0.15) is 5.10 Å². The molecule has 5 heteroatoms. The molecule has 1 aliphatic rings. The van der Waals surface area contributed by atoms with Gasteiger partial charge in [0.25, 0.3) is 5.91 Å². The van der Waals surface area contributed by atoms with Crippen molar-refractivity contribution in [1.29, 1.82) is 0 Å². The summed E-state index contributed by atoms with van der Waals surface area (Å²) in [5.41, 5.74) is 0.591. The van der Waals surface area contributed by atoms with Crippen molar-refractivity contribution in [2.45, 2.75) is 12.8 Å². The van der Waals surface area contributed by atoms with E-state index in [9.17, 15) is 4.79 Å². The van der Waals surface area contributed by atoms with Crippen LogP contribution in [0, 0.1) is 5.92 Å². The van der Waals surface area contributed by atoms with Crippen molar-refractivity contribution in [3.8, 4) is 0 Å². The number of aliphatic hydroxyl groups excluding tert-OH is 1. The fourth-order valence-corrected chi connectivity index (χ4v) is 1.95. The third-order valence-corrected chi connectivity index (χ3v) is 2.81. The maximum atomic E-state index is 11.9. The van der Waals surface area contributed by atoms with E-state index in [-0.39, 0.29) is 18.4 Å². The van der Waals surface area contributed by atoms with Gasteiger partial charge >= 0.3 is 0 Å². The molecular weight excluding hydrogens is 194 g/mol. The molecule has 1 fully saturated rings. The van der Waals surface area contributed by atoms with Crippen LogP contribution in [-0.4, -0.2) is 45.8 Å². The molecule has 82 valence electrons. The minimum Gasteiger partial charge on any atom is -0.396 e. The highest BCUT2D eigenvalue weighted by atomic mass is 16.3. The second-order valence-electron chi connectivity index (χ2n) is 3.93. The summed E-state index contributed by atoms with van der Waals surface area (Å²) in [6.45, 7) is 1.59. The number of nitrogens with zero attached hydrogens (tertiary/aromatic N) is 2. The molecule has 1 saturated heterocycles. The summed E-state index contributed by atoms with van der Waals surface area (Å²) in [6, 6.07) is 0. The second-order valence-corrected chi connectivity index (χ2v) is 3.93. The van der Waals surface area contributed by atoms with Crippen LogP contribution < -0.4 is 0 Å². The minimum absolute atomic E-state index is 0.00176. The SMILES string of the molecule is O=C(c1cn[nH]c1)N1CCC[C@H](CO)C1. The van der Waals surface area contributed by atoms with Gasteiger partial charge in [-0.1, -0.05) is 0 Å². The van der Waals surface area contributed by atoms with E-state index in [1.54, 1.807) is 11.1 Å². The Bertz CT molecular complexity index is 323. The smallest absolute Gasteiger partial charge is 0.257 e. The minimum atomic E-state index is 0.00176. The van der Waals surface area contributed by atoms with E-state index < -0.39 is 0 Å². The lowest BCUT2D eigenvalue weighted by Gasteiger charge is -2.31. The van der Waals surface area contributed by atoms with Crippen molar-refractivity contribution in [2.75, 3.05) is 19.7 Å². The molecule has 0 radical (unpaired) electrons. The van der Waals surface area contributed by atoms with Crippen LogP contribution in [0.25, 0.3) is 0 Å². The Morgan fingerprint density at radius 1 is 1.73 bits per heavy atom. The first-order valence-corrected chi connectivity index (χ1v) is 5.20. The van der Waals surface area contributed by atoms with Crippen LogP contribution in [0.2, 0.25) is 0 Å². The van der Waals surface area contributed by atoms with Gasteiger partial charge in [-0.05, 0) is 18.8 Å². The molecule has 15 heavy (non-hydrogen) atoms. The lowest BCUT2D eigenvalue weighted by atomic mass is 9.98. The summed E-state index contributed by atoms with van der Waals surface area (Å²) < 4.78 is 0. The zero-order chi connectivity index (χ0) is 10.7. The summed E-state index contributed by atoms with van der Waals surface area (Å²) >= 11 is 0. The van der Waals surface area contributed by atoms with E-state index in [0.717, 1.165) is 19.4 Å². The van der Waals surface area contributed by atoms with Gasteiger partial charge in [0.05, 0.1) is 11.8 Å². The lowest BCUT2D eigenvalue weighted by Crippen LogP contribution is -2.40. The number of rotatable bonds is 2. The first-order valence-electron chi connectivity index (χ1n) is 5.20. The molecule has 0 spiro atoms. The van der Waals surface area contributed by atoms with Crippen LogP contribution in [0.5, 0.6) is 0 Å². The molecule has 2 heterocycles. The van der Waals surface area contributed by atoms with Crippen molar-refractivity contribution in [1.82, 2.24) is 15.1 Å². The summed E-state index contributed by atoms with van der Waals surface area (Å²) in [4.78, 5) is 13.7. The number of H-pyrrole nitrogens is 1. The fourth-order valence-electron chi connectivity index (χ4n) is 1.95. The van der Waals surface area contributed by atoms with E-state index in [1.807, 2.05) is 0 Å². The molecule has 2 rings (SSSR count). The van der Waals surface area contributed by atoms with Crippen LogP contribution in [0.1, 0.15) is 23.2 Å². The predicted molar refractivity (Wildman–Crippen MR) is 54.3 cm³/mol. The molecule has 0 saturated carbocycles. The Labute approximate surface area is 88.1 Å². The molecule has 0 aliphatic carbocycles. The number of piperidine rings is 1. The number of carbonyl (C=O) groups is 1. The number of hydrogen-bond donors (Lipinski definition) is 2. The number of aromatic amines is 1. The standard InChI is InChI=1S/C10H15N3O2/c14-7-8-2-1-3-13(6-8)10(15)9-4-11-12-5-9/h4-5,8,14H,1-3,6-7H2,(H,11,12)/t8-/m0/s1. The highest BCUT2D eigenvalue weighted by Gasteiger charge is 2.24. The van der Waals surface area contributed by atoms with Gasteiger partial charge in [0, 0.05) is 25.9 Å². The number of likely N-dealkylation sites (tertiary alicyclic amines) is 1. The van der Waals surface area contributed by atoms with Gasteiger partial charge < -0.3 is 10.0 Å². The van der Waals surface area contributed by atoms with E-state index >= 15 is 0 Å². The largest absolute Gasteiger partial charge is 0.396 e. The Balaban J connectivity index is 2.01. The molecule has 0 aromatic carbocycles. The molecule has 1 aliphatic heterocycles. The van der Waals surface area contributed by atoms with Gasteiger partial charge in [-0.3, -0.25) is 9.89 Å². The molecule has 2 N–H and O–H groups in total. The van der Waals surface area contributed by atoms with Crippen LogP contribution >= 0.6 is 0 Å². The van der Waals surface area contributed by atoms with Crippen molar-refractivity contribution in [2.24, 2.45) is 5.92 Å². The maximum Gasteiger partial charge on any atom is 0.257 e. The van der Waals surface area contributed by atoms with Crippen LogP contribution in [0.4, 0.5) is 0 Å². The molecule has 0 bridgehead atoms. The molecule has 0 unspecified atom stereocenters. The number of amides is 1. The number of hydrogen-bond acceptors (Lipinski definition) is 3. The van der Waals surface area contributed by atoms with Gasteiger partial charge in [-0.25, -0.2) is 0 Å². The van der Waals surface area contributed by atoms with E-state index in [1.165, 1.54) is 6.20 Å². The maximum absolute atomic E-state index is 11.9. The lowest BCUT2D eigenvalue weighted by molar-refractivity contribution is 0.0621. The van der Waals surface area contributed by atoms with Gasteiger partial charge in [0.2, 0.25) is 0 Å². The van der Waals surface area contributed by atoms with Gasteiger partial charge in [-0.15, -0.1) is 0 Å². The summed E-state index contributed by atoms with van der Waals surface area (Å²) in [5, 5.41) is 15.4. The van der Waals surface area contributed by atoms with Gasteiger partial charge in [0.15, 0.2) is 0 Å². The first kappa shape index (κ1) is 10.2. The fraction of sp³-hybridized carbons (Fsp3) is 0.600. The van der Waals surface area contributed by atoms with Crippen molar-refractivity contribution >= 4 is 5.91 Å². The van der Waals surface area contributed by atoms with E-state index in [2.05, 4.69) is 10.2 Å². The van der Waals surface area contributed by atoms with Crippen LogP contribution in [0.15, 0.2) is 12.4 Å².